The maximum Gasteiger partial charge on any atom is 0.282 e. The van der Waals surface area contributed by atoms with Crippen LogP contribution in [0.2, 0.25) is 0 Å². The smallest absolute Gasteiger partial charge is 0.282 e. The monoisotopic (exact) mass is 453 g/mol. The molecule has 1 aromatic carbocycles. The largest absolute Gasteiger partial charge is 0.481 e. The molecular formula is C26H23N5O3. The summed E-state index contributed by atoms with van der Waals surface area (Å²) < 4.78 is 10.1. The minimum Gasteiger partial charge on any atom is -0.481 e. The zero-order chi connectivity index (χ0) is 23.7. The summed E-state index contributed by atoms with van der Waals surface area (Å²) in [5.74, 6) is 0.961. The molecule has 8 heteroatoms. The van der Waals surface area contributed by atoms with E-state index in [1.165, 1.54) is 10.7 Å². The highest BCUT2D eigenvalue weighted by molar-refractivity contribution is 5.81. The molecule has 0 atom stereocenters. The lowest BCUT2D eigenvalue weighted by molar-refractivity contribution is 0.395. The van der Waals surface area contributed by atoms with Crippen LogP contribution in [-0.4, -0.2) is 31.0 Å². The number of ether oxygens (including phenoxy) is 1. The van der Waals surface area contributed by atoms with Gasteiger partial charge in [-0.15, -0.1) is 0 Å². The van der Waals surface area contributed by atoms with Gasteiger partial charge in [0.1, 0.15) is 0 Å². The van der Waals surface area contributed by atoms with Gasteiger partial charge in [-0.05, 0) is 30.7 Å². The Kier molecular flexibility index (Phi) is 5.55. The predicted octanol–water partition coefficient (Wildman–Crippen LogP) is 3.16. The minimum atomic E-state index is -0.227. The molecule has 4 heterocycles. The van der Waals surface area contributed by atoms with Crippen LogP contribution in [0.25, 0.3) is 16.7 Å². The highest BCUT2D eigenvalue weighted by atomic mass is 16.5. The first kappa shape index (κ1) is 21.4. The molecule has 0 bridgehead atoms. The summed E-state index contributed by atoms with van der Waals surface area (Å²) in [6.07, 6.45) is 1.65. The van der Waals surface area contributed by atoms with Gasteiger partial charge in [0, 0.05) is 24.0 Å². The maximum atomic E-state index is 13.7. The van der Waals surface area contributed by atoms with Crippen LogP contribution in [0.5, 0.6) is 5.88 Å². The molecule has 0 aliphatic carbocycles. The van der Waals surface area contributed by atoms with Gasteiger partial charge in [0.25, 0.3) is 11.1 Å². The van der Waals surface area contributed by atoms with Crippen molar-refractivity contribution in [2.24, 2.45) is 0 Å². The van der Waals surface area contributed by atoms with Crippen molar-refractivity contribution in [1.82, 2.24) is 23.9 Å². The topological polar surface area (TPSA) is 83.9 Å². The molecule has 34 heavy (non-hydrogen) atoms. The molecule has 5 rings (SSSR count). The quantitative estimate of drug-likeness (QED) is 0.394. The first-order chi connectivity index (χ1) is 16.6. The molecule has 0 radical (unpaired) electrons. The molecular weight excluding hydrogens is 430 g/mol. The number of aryl methyl sites for hydroxylation is 1. The highest BCUT2D eigenvalue weighted by Crippen LogP contribution is 2.19. The third-order valence-electron chi connectivity index (χ3n) is 5.83. The number of benzene rings is 1. The molecule has 170 valence electrons. The van der Waals surface area contributed by atoms with Crippen molar-refractivity contribution in [3.8, 4) is 11.7 Å². The Morgan fingerprint density at radius 3 is 2.44 bits per heavy atom. The van der Waals surface area contributed by atoms with E-state index in [-0.39, 0.29) is 17.7 Å². The number of fused-ring (bicyclic) bond motifs is 1. The standard InChI is InChI=1S/C26H23N5O3/c1-18-25-21(15-24(32)29(18)17-20-11-8-13-23(28-20)34-2)30(16-19-9-4-3-5-10-19)31(26(25)33)22-12-6-7-14-27-22/h3-15H,16-17H2,1-2H3. The van der Waals surface area contributed by atoms with Crippen LogP contribution in [0.1, 0.15) is 17.0 Å². The van der Waals surface area contributed by atoms with Crippen LogP contribution in [0.4, 0.5) is 0 Å². The molecule has 5 aromatic rings. The summed E-state index contributed by atoms with van der Waals surface area (Å²) in [6, 6.07) is 22.1. The second kappa shape index (κ2) is 8.82. The van der Waals surface area contributed by atoms with Crippen LogP contribution in [0.15, 0.2) is 88.6 Å². The van der Waals surface area contributed by atoms with Gasteiger partial charge in [-0.1, -0.05) is 42.5 Å². The average molecular weight is 454 g/mol. The molecule has 0 saturated heterocycles. The van der Waals surface area contributed by atoms with E-state index in [0.717, 1.165) is 5.56 Å². The SMILES string of the molecule is COc1cccc(Cn2c(C)c3c(=O)n(-c4ccccn4)n(Cc4ccccc4)c3cc2=O)n1. The number of hydrogen-bond donors (Lipinski definition) is 0. The van der Waals surface area contributed by atoms with E-state index in [1.807, 2.05) is 53.2 Å². The zero-order valence-electron chi connectivity index (χ0n) is 18.9. The Bertz CT molecular complexity index is 1580. The fourth-order valence-corrected chi connectivity index (χ4v) is 4.18. The van der Waals surface area contributed by atoms with E-state index in [2.05, 4.69) is 9.97 Å². The molecule has 0 fully saturated rings. The van der Waals surface area contributed by atoms with Crippen LogP contribution >= 0.6 is 0 Å². The van der Waals surface area contributed by atoms with Gasteiger partial charge >= 0.3 is 0 Å². The van der Waals surface area contributed by atoms with Gasteiger partial charge in [0.05, 0.1) is 36.8 Å². The number of pyridine rings is 3. The number of nitrogens with zero attached hydrogens (tertiary/aromatic N) is 5. The summed E-state index contributed by atoms with van der Waals surface area (Å²) >= 11 is 0. The van der Waals surface area contributed by atoms with Gasteiger partial charge in [-0.25, -0.2) is 9.97 Å². The van der Waals surface area contributed by atoms with Gasteiger partial charge in [-0.3, -0.25) is 14.3 Å². The average Bonchev–Trinajstić information content (AvgIpc) is 3.13. The van der Waals surface area contributed by atoms with E-state index in [1.54, 1.807) is 43.0 Å². The van der Waals surface area contributed by atoms with Gasteiger partial charge in [0.15, 0.2) is 5.82 Å². The Hall–Kier alpha value is -4.46. The van der Waals surface area contributed by atoms with Gasteiger partial charge in [-0.2, -0.15) is 4.68 Å². The molecule has 0 amide bonds. The van der Waals surface area contributed by atoms with E-state index in [0.29, 0.717) is 40.5 Å². The predicted molar refractivity (Wildman–Crippen MR) is 130 cm³/mol. The lowest BCUT2D eigenvalue weighted by atomic mass is 10.2. The van der Waals surface area contributed by atoms with Crippen molar-refractivity contribution >= 4 is 10.9 Å². The van der Waals surface area contributed by atoms with Crippen LogP contribution in [0, 0.1) is 6.92 Å². The second-order valence-corrected chi connectivity index (χ2v) is 7.93. The van der Waals surface area contributed by atoms with Crippen molar-refractivity contribution < 1.29 is 4.74 Å². The van der Waals surface area contributed by atoms with Crippen molar-refractivity contribution in [2.75, 3.05) is 7.11 Å². The Balaban J connectivity index is 1.73. The molecule has 4 aromatic heterocycles. The number of hydrogen-bond acceptors (Lipinski definition) is 5. The van der Waals surface area contributed by atoms with E-state index < -0.39 is 0 Å². The maximum absolute atomic E-state index is 13.7. The summed E-state index contributed by atoms with van der Waals surface area (Å²) in [5.41, 5.74) is 2.37. The van der Waals surface area contributed by atoms with Crippen molar-refractivity contribution in [3.63, 3.8) is 0 Å². The number of methoxy groups -OCH3 is 1. The molecule has 8 nitrogen and oxygen atoms in total. The first-order valence-electron chi connectivity index (χ1n) is 10.9. The third-order valence-corrected chi connectivity index (χ3v) is 5.83. The second-order valence-electron chi connectivity index (χ2n) is 7.93. The molecule has 0 unspecified atom stereocenters. The van der Waals surface area contributed by atoms with E-state index >= 15 is 0 Å². The Labute approximate surface area is 195 Å². The lowest BCUT2D eigenvalue weighted by Gasteiger charge is -2.13. The molecule has 0 spiro atoms. The molecule has 0 aliphatic rings. The molecule has 0 N–H and O–H groups in total. The van der Waals surface area contributed by atoms with Crippen LogP contribution in [-0.2, 0) is 13.1 Å². The summed E-state index contributed by atoms with van der Waals surface area (Å²) in [4.78, 5) is 35.8. The summed E-state index contributed by atoms with van der Waals surface area (Å²) in [5, 5.41) is 0.476. The van der Waals surface area contributed by atoms with Gasteiger partial charge in [0.2, 0.25) is 5.88 Å². The lowest BCUT2D eigenvalue weighted by Crippen LogP contribution is -2.24. The van der Waals surface area contributed by atoms with Crippen molar-refractivity contribution in [2.45, 2.75) is 20.0 Å². The Morgan fingerprint density at radius 1 is 0.912 bits per heavy atom. The third kappa shape index (κ3) is 3.79. The highest BCUT2D eigenvalue weighted by Gasteiger charge is 2.21. The van der Waals surface area contributed by atoms with Gasteiger partial charge < -0.3 is 9.30 Å². The summed E-state index contributed by atoms with van der Waals surface area (Å²) in [7, 11) is 1.55. The zero-order valence-corrected chi connectivity index (χ0v) is 18.9. The van der Waals surface area contributed by atoms with Crippen LogP contribution < -0.4 is 15.9 Å². The number of aromatic nitrogens is 5. The number of rotatable bonds is 6. The van der Waals surface area contributed by atoms with Crippen LogP contribution in [0.3, 0.4) is 0 Å². The molecule has 0 saturated carbocycles. The van der Waals surface area contributed by atoms with E-state index in [4.69, 9.17) is 4.74 Å². The Morgan fingerprint density at radius 2 is 1.71 bits per heavy atom. The van der Waals surface area contributed by atoms with Crippen molar-refractivity contribution in [1.29, 1.82) is 0 Å². The van der Waals surface area contributed by atoms with E-state index in [9.17, 15) is 9.59 Å². The first-order valence-corrected chi connectivity index (χ1v) is 10.9. The normalized spacial score (nSPS) is 11.1. The molecule has 0 aliphatic heterocycles. The summed E-state index contributed by atoms with van der Waals surface area (Å²) in [6.45, 7) is 2.43. The fourth-order valence-electron chi connectivity index (χ4n) is 4.18. The minimum absolute atomic E-state index is 0.213. The fraction of sp³-hybridized carbons (Fsp3) is 0.154. The van der Waals surface area contributed by atoms with Crippen molar-refractivity contribution in [3.05, 3.63) is 117 Å².